The van der Waals surface area contributed by atoms with E-state index in [0.717, 1.165) is 25.7 Å². The van der Waals surface area contributed by atoms with E-state index in [2.05, 4.69) is 10.4 Å². The summed E-state index contributed by atoms with van der Waals surface area (Å²) in [7, 11) is 0. The summed E-state index contributed by atoms with van der Waals surface area (Å²) in [5.74, 6) is -1.05. The number of rotatable bonds is 6. The molecule has 2 rings (SSSR count). The molecule has 1 heterocycles. The average molecular weight is 279 g/mol. The van der Waals surface area contributed by atoms with Crippen molar-refractivity contribution in [2.45, 2.75) is 45.3 Å². The highest BCUT2D eigenvalue weighted by atomic mass is 16.3. The molecule has 1 aromatic heterocycles. The predicted molar refractivity (Wildman–Crippen MR) is 73.2 cm³/mol. The topological polar surface area (TPSA) is 84.2 Å². The number of hydrogen-bond donors (Lipinski definition) is 2. The number of hydrogen-bond acceptors (Lipinski definition) is 4. The molecule has 0 radical (unpaired) electrons. The number of aromatic nitrogens is 2. The third-order valence-corrected chi connectivity index (χ3v) is 3.84. The van der Waals surface area contributed by atoms with E-state index >= 15 is 0 Å². The summed E-state index contributed by atoms with van der Waals surface area (Å²) in [6.07, 6.45) is 6.62. The molecule has 1 aliphatic carbocycles. The second kappa shape index (κ2) is 6.65. The Labute approximate surface area is 118 Å². The zero-order valence-corrected chi connectivity index (χ0v) is 11.7. The van der Waals surface area contributed by atoms with Crippen LogP contribution in [0, 0.1) is 5.92 Å². The van der Waals surface area contributed by atoms with Gasteiger partial charge in [0.2, 0.25) is 0 Å². The Morgan fingerprint density at radius 2 is 2.20 bits per heavy atom. The van der Waals surface area contributed by atoms with Gasteiger partial charge in [0.15, 0.2) is 0 Å². The maximum Gasteiger partial charge on any atom is 0.292 e. The first-order valence-electron chi connectivity index (χ1n) is 7.15. The van der Waals surface area contributed by atoms with Gasteiger partial charge in [-0.15, -0.1) is 0 Å². The Kier molecular flexibility index (Phi) is 4.89. The van der Waals surface area contributed by atoms with E-state index < -0.39 is 17.8 Å². The van der Waals surface area contributed by atoms with Crippen LogP contribution < -0.4 is 5.32 Å². The quantitative estimate of drug-likeness (QED) is 0.594. The third kappa shape index (κ3) is 3.45. The van der Waals surface area contributed by atoms with Gasteiger partial charge in [-0.05, 0) is 25.7 Å². The Morgan fingerprint density at radius 1 is 1.50 bits per heavy atom. The van der Waals surface area contributed by atoms with Crippen molar-refractivity contribution in [1.29, 1.82) is 0 Å². The van der Waals surface area contributed by atoms with Crippen molar-refractivity contribution >= 4 is 11.7 Å². The van der Waals surface area contributed by atoms with Gasteiger partial charge in [0.1, 0.15) is 0 Å². The van der Waals surface area contributed by atoms with Gasteiger partial charge in [0, 0.05) is 19.3 Å². The molecule has 6 nitrogen and oxygen atoms in total. The Bertz CT molecular complexity index is 478. The lowest BCUT2D eigenvalue weighted by molar-refractivity contribution is -0.117. The number of carbonyl (C=O) groups excluding carboxylic acids is 2. The second-order valence-corrected chi connectivity index (χ2v) is 5.24. The SMILES string of the molecule is CCn1cc(C(=O)C(=O)NCC(O)C2CCCC2)cn1. The molecule has 1 aromatic rings. The second-order valence-electron chi connectivity index (χ2n) is 5.24. The van der Waals surface area contributed by atoms with Crippen molar-refractivity contribution < 1.29 is 14.7 Å². The molecule has 1 atom stereocenters. The summed E-state index contributed by atoms with van der Waals surface area (Å²) < 4.78 is 1.59. The van der Waals surface area contributed by atoms with Crippen LogP contribution in [-0.2, 0) is 11.3 Å². The molecule has 110 valence electrons. The van der Waals surface area contributed by atoms with Gasteiger partial charge in [-0.1, -0.05) is 12.8 Å². The molecule has 2 N–H and O–H groups in total. The fourth-order valence-corrected chi connectivity index (χ4v) is 2.57. The molecule has 6 heteroatoms. The summed E-state index contributed by atoms with van der Waals surface area (Å²) >= 11 is 0. The highest BCUT2D eigenvalue weighted by molar-refractivity contribution is 6.42. The summed E-state index contributed by atoms with van der Waals surface area (Å²) in [5, 5.41) is 16.4. The molecule has 0 aliphatic heterocycles. The molecule has 1 unspecified atom stereocenters. The highest BCUT2D eigenvalue weighted by Crippen LogP contribution is 2.27. The van der Waals surface area contributed by atoms with Crippen molar-refractivity contribution in [3.05, 3.63) is 18.0 Å². The lowest BCUT2D eigenvalue weighted by Crippen LogP contribution is -2.39. The van der Waals surface area contributed by atoms with Crippen LogP contribution in [0.4, 0.5) is 0 Å². The van der Waals surface area contributed by atoms with Crippen LogP contribution in [-0.4, -0.2) is 39.2 Å². The first-order chi connectivity index (χ1) is 9.61. The summed E-state index contributed by atoms with van der Waals surface area (Å²) in [6.45, 7) is 2.69. The Balaban J connectivity index is 1.83. The third-order valence-electron chi connectivity index (χ3n) is 3.84. The molecule has 0 spiro atoms. The van der Waals surface area contributed by atoms with Gasteiger partial charge in [-0.3, -0.25) is 14.3 Å². The maximum atomic E-state index is 11.9. The molecule has 1 saturated carbocycles. The molecular formula is C14H21N3O3. The molecule has 0 aromatic carbocycles. The monoisotopic (exact) mass is 279 g/mol. The molecule has 1 amide bonds. The number of carbonyl (C=O) groups is 2. The van der Waals surface area contributed by atoms with E-state index in [-0.39, 0.29) is 18.0 Å². The minimum Gasteiger partial charge on any atom is -0.391 e. The smallest absolute Gasteiger partial charge is 0.292 e. The van der Waals surface area contributed by atoms with E-state index in [1.807, 2.05) is 6.92 Å². The number of Topliss-reactive ketones (excluding diaryl/α,β-unsaturated/α-hetero) is 1. The molecule has 1 aliphatic rings. The zero-order chi connectivity index (χ0) is 14.5. The van der Waals surface area contributed by atoms with Gasteiger partial charge in [0.25, 0.3) is 11.7 Å². The van der Waals surface area contributed by atoms with Gasteiger partial charge >= 0.3 is 0 Å². The van der Waals surface area contributed by atoms with Gasteiger partial charge in [0.05, 0.1) is 17.9 Å². The number of nitrogens with one attached hydrogen (secondary N) is 1. The highest BCUT2D eigenvalue weighted by Gasteiger charge is 2.25. The van der Waals surface area contributed by atoms with Gasteiger partial charge < -0.3 is 10.4 Å². The van der Waals surface area contributed by atoms with Crippen LogP contribution in [0.5, 0.6) is 0 Å². The number of nitrogens with zero attached hydrogens (tertiary/aromatic N) is 2. The minimum absolute atomic E-state index is 0.136. The first-order valence-corrected chi connectivity index (χ1v) is 7.15. The Hall–Kier alpha value is -1.69. The average Bonchev–Trinajstić information content (AvgIpc) is 3.13. The number of aliphatic hydroxyl groups excluding tert-OH is 1. The maximum absolute atomic E-state index is 11.9. The zero-order valence-electron chi connectivity index (χ0n) is 11.7. The lowest BCUT2D eigenvalue weighted by Gasteiger charge is -2.17. The fraction of sp³-hybridized carbons (Fsp3) is 0.643. The summed E-state index contributed by atoms with van der Waals surface area (Å²) in [5.41, 5.74) is 0.278. The molecule has 1 fully saturated rings. The van der Waals surface area contributed by atoms with Crippen LogP contribution in [0.15, 0.2) is 12.4 Å². The van der Waals surface area contributed by atoms with E-state index in [9.17, 15) is 14.7 Å². The number of aryl methyl sites for hydroxylation is 1. The predicted octanol–water partition coefficient (Wildman–Crippen LogP) is 0.753. The van der Waals surface area contributed by atoms with Crippen molar-refractivity contribution in [1.82, 2.24) is 15.1 Å². The van der Waals surface area contributed by atoms with E-state index in [1.54, 1.807) is 10.9 Å². The largest absolute Gasteiger partial charge is 0.391 e. The van der Waals surface area contributed by atoms with E-state index in [4.69, 9.17) is 0 Å². The fourth-order valence-electron chi connectivity index (χ4n) is 2.57. The van der Waals surface area contributed by atoms with Crippen molar-refractivity contribution in [3.63, 3.8) is 0 Å². The lowest BCUT2D eigenvalue weighted by atomic mass is 10.0. The number of aliphatic hydroxyl groups is 1. The van der Waals surface area contributed by atoms with E-state index in [1.165, 1.54) is 6.20 Å². The molecule has 0 bridgehead atoms. The van der Waals surface area contributed by atoms with Crippen LogP contribution in [0.25, 0.3) is 0 Å². The van der Waals surface area contributed by atoms with Crippen LogP contribution in [0.3, 0.4) is 0 Å². The molecule has 20 heavy (non-hydrogen) atoms. The van der Waals surface area contributed by atoms with E-state index in [0.29, 0.717) is 6.54 Å². The van der Waals surface area contributed by atoms with Crippen molar-refractivity contribution in [2.24, 2.45) is 5.92 Å². The van der Waals surface area contributed by atoms with Crippen molar-refractivity contribution in [3.8, 4) is 0 Å². The minimum atomic E-state index is -0.683. The van der Waals surface area contributed by atoms with Gasteiger partial charge in [-0.2, -0.15) is 5.10 Å². The standard InChI is InChI=1S/C14H21N3O3/c1-2-17-9-11(7-16-17)13(19)14(20)15-8-12(18)10-5-3-4-6-10/h7,9-10,12,18H,2-6,8H2,1H3,(H,15,20). The molecule has 0 saturated heterocycles. The summed E-state index contributed by atoms with van der Waals surface area (Å²) in [6, 6.07) is 0. The van der Waals surface area contributed by atoms with Crippen LogP contribution in [0.2, 0.25) is 0 Å². The Morgan fingerprint density at radius 3 is 2.80 bits per heavy atom. The molecular weight excluding hydrogens is 258 g/mol. The normalized spacial score (nSPS) is 17.1. The van der Waals surface area contributed by atoms with Crippen molar-refractivity contribution in [2.75, 3.05) is 6.54 Å². The summed E-state index contributed by atoms with van der Waals surface area (Å²) in [4.78, 5) is 23.6. The number of ketones is 1. The van der Waals surface area contributed by atoms with Crippen LogP contribution in [0.1, 0.15) is 43.0 Å². The van der Waals surface area contributed by atoms with Gasteiger partial charge in [-0.25, -0.2) is 0 Å². The number of amides is 1. The first kappa shape index (κ1) is 14.7. The van der Waals surface area contributed by atoms with Crippen LogP contribution >= 0.6 is 0 Å².